The summed E-state index contributed by atoms with van der Waals surface area (Å²) in [6.45, 7) is 7.13. The quantitative estimate of drug-likeness (QED) is 0.0599. The number of rotatable bonds is 40. The van der Waals surface area contributed by atoms with Crippen LogP contribution in [0.2, 0.25) is 0 Å². The topological polar surface area (TPSA) is 0 Å². The van der Waals surface area contributed by atoms with E-state index in [1.807, 2.05) is 0 Å². The lowest BCUT2D eigenvalue weighted by molar-refractivity contribution is 0.429. The molecule has 0 fully saturated rings. The van der Waals surface area contributed by atoms with Gasteiger partial charge in [0.25, 0.3) is 0 Å². The van der Waals surface area contributed by atoms with Crippen molar-refractivity contribution in [2.75, 3.05) is 0 Å². The van der Waals surface area contributed by atoms with Crippen molar-refractivity contribution in [1.82, 2.24) is 0 Å². The third kappa shape index (κ3) is 40.0. The number of hydrogen-bond acceptors (Lipinski definition) is 0. The molecule has 0 aromatic rings. The molecule has 1 unspecified atom stereocenters. The highest BCUT2D eigenvalue weighted by molar-refractivity contribution is 4.57. The van der Waals surface area contributed by atoms with Crippen molar-refractivity contribution in [1.29, 1.82) is 0 Å². The van der Waals surface area contributed by atoms with E-state index in [1.165, 1.54) is 257 Å². The van der Waals surface area contributed by atoms with Crippen LogP contribution in [-0.2, 0) is 0 Å². The Bertz CT molecular complexity index is 467. The summed E-state index contributed by atoms with van der Waals surface area (Å²) < 4.78 is 0. The van der Waals surface area contributed by atoms with Gasteiger partial charge in [0.05, 0.1) is 0 Å². The highest BCUT2D eigenvalue weighted by Gasteiger charge is 2.03. The third-order valence-electron chi connectivity index (χ3n) is 10.6. The van der Waals surface area contributed by atoms with Crippen molar-refractivity contribution in [3.05, 3.63) is 0 Å². The van der Waals surface area contributed by atoms with Crippen LogP contribution in [0.4, 0.5) is 0 Å². The first kappa shape index (κ1) is 44.0. The molecule has 0 amide bonds. The van der Waals surface area contributed by atoms with Gasteiger partial charge in [0.1, 0.15) is 0 Å². The van der Waals surface area contributed by atoms with Crippen molar-refractivity contribution >= 4 is 0 Å². The number of hydrogen-bond donors (Lipinski definition) is 0. The average molecular weight is 619 g/mol. The molecule has 266 valence electrons. The second-order valence-electron chi connectivity index (χ2n) is 15.4. The van der Waals surface area contributed by atoms with Crippen LogP contribution in [0, 0.1) is 5.92 Å². The molecule has 0 saturated heterocycles. The summed E-state index contributed by atoms with van der Waals surface area (Å²) >= 11 is 0. The first-order valence-electron chi connectivity index (χ1n) is 21.8. The van der Waals surface area contributed by atoms with Crippen LogP contribution in [0.1, 0.15) is 278 Å². The SMILES string of the molecule is CCCCCCCCCCCCCCCCCCCCCCCCCCCCC(C)CCCCCCCCCCCCCC. The second-order valence-corrected chi connectivity index (χ2v) is 15.4. The summed E-state index contributed by atoms with van der Waals surface area (Å²) in [7, 11) is 0. The van der Waals surface area contributed by atoms with Crippen LogP contribution in [0.15, 0.2) is 0 Å². The van der Waals surface area contributed by atoms with E-state index in [9.17, 15) is 0 Å². The molecular weight excluding hydrogens is 528 g/mol. The molecule has 0 saturated carbocycles. The van der Waals surface area contributed by atoms with Gasteiger partial charge in [0, 0.05) is 0 Å². The molecule has 0 heteroatoms. The smallest absolute Gasteiger partial charge is 0.0443 e. The monoisotopic (exact) mass is 619 g/mol. The summed E-state index contributed by atoms with van der Waals surface area (Å²) in [5.74, 6) is 0.965. The molecule has 0 aromatic carbocycles. The van der Waals surface area contributed by atoms with E-state index in [0.717, 1.165) is 5.92 Å². The Kier molecular flexibility index (Phi) is 41.0. The van der Waals surface area contributed by atoms with Gasteiger partial charge in [0.2, 0.25) is 0 Å². The molecule has 0 aliphatic rings. The van der Waals surface area contributed by atoms with Gasteiger partial charge in [-0.2, -0.15) is 0 Å². The maximum absolute atomic E-state index is 2.51. The predicted molar refractivity (Wildman–Crippen MR) is 205 cm³/mol. The Hall–Kier alpha value is 0. The van der Waals surface area contributed by atoms with Crippen molar-refractivity contribution in [2.45, 2.75) is 278 Å². The molecule has 0 aliphatic carbocycles. The van der Waals surface area contributed by atoms with Crippen molar-refractivity contribution in [3.63, 3.8) is 0 Å². The van der Waals surface area contributed by atoms with Gasteiger partial charge in [-0.25, -0.2) is 0 Å². The molecule has 0 nitrogen and oxygen atoms in total. The van der Waals surface area contributed by atoms with Crippen LogP contribution in [0.5, 0.6) is 0 Å². The lowest BCUT2D eigenvalue weighted by Crippen LogP contribution is -1.95. The lowest BCUT2D eigenvalue weighted by Gasteiger charge is -2.11. The zero-order valence-electron chi connectivity index (χ0n) is 31.9. The van der Waals surface area contributed by atoms with E-state index < -0.39 is 0 Å². The molecule has 0 aromatic heterocycles. The van der Waals surface area contributed by atoms with Gasteiger partial charge in [-0.15, -0.1) is 0 Å². The van der Waals surface area contributed by atoms with Crippen LogP contribution in [0.3, 0.4) is 0 Å². The summed E-state index contributed by atoms with van der Waals surface area (Å²) in [5, 5.41) is 0. The van der Waals surface area contributed by atoms with Crippen molar-refractivity contribution in [2.24, 2.45) is 5.92 Å². The van der Waals surface area contributed by atoms with Crippen molar-refractivity contribution in [3.8, 4) is 0 Å². The molecule has 0 heterocycles. The molecule has 0 aliphatic heterocycles. The van der Waals surface area contributed by atoms with E-state index in [1.54, 1.807) is 0 Å². The standard InChI is InChI=1S/C44H90/c1-4-6-8-10-12-14-16-18-19-20-21-22-23-24-25-26-27-28-29-30-31-33-35-37-39-41-43-44(3)42-40-38-36-34-32-17-15-13-11-9-7-5-2/h44H,4-43H2,1-3H3. The van der Waals surface area contributed by atoms with Crippen LogP contribution >= 0.6 is 0 Å². The Morgan fingerprint density at radius 2 is 0.341 bits per heavy atom. The first-order chi connectivity index (χ1) is 21.8. The molecule has 0 spiro atoms. The molecule has 44 heavy (non-hydrogen) atoms. The van der Waals surface area contributed by atoms with E-state index in [2.05, 4.69) is 20.8 Å². The Labute approximate surface area is 282 Å². The van der Waals surface area contributed by atoms with Gasteiger partial charge in [-0.05, 0) is 5.92 Å². The molecule has 0 radical (unpaired) electrons. The minimum Gasteiger partial charge on any atom is -0.0654 e. The van der Waals surface area contributed by atoms with Gasteiger partial charge in [-0.3, -0.25) is 0 Å². The normalized spacial score (nSPS) is 12.3. The van der Waals surface area contributed by atoms with E-state index >= 15 is 0 Å². The highest BCUT2D eigenvalue weighted by Crippen LogP contribution is 2.20. The Morgan fingerprint density at radius 1 is 0.205 bits per heavy atom. The van der Waals surface area contributed by atoms with E-state index in [0.29, 0.717) is 0 Å². The van der Waals surface area contributed by atoms with E-state index in [4.69, 9.17) is 0 Å². The fourth-order valence-corrected chi connectivity index (χ4v) is 7.29. The van der Waals surface area contributed by atoms with Gasteiger partial charge < -0.3 is 0 Å². The van der Waals surface area contributed by atoms with E-state index in [-0.39, 0.29) is 0 Å². The fourth-order valence-electron chi connectivity index (χ4n) is 7.29. The van der Waals surface area contributed by atoms with Crippen LogP contribution in [0.25, 0.3) is 0 Å². The average Bonchev–Trinajstić information content (AvgIpc) is 3.03. The van der Waals surface area contributed by atoms with Gasteiger partial charge >= 0.3 is 0 Å². The lowest BCUT2D eigenvalue weighted by atomic mass is 9.95. The maximum atomic E-state index is 2.51. The summed E-state index contributed by atoms with van der Waals surface area (Å²) in [6.07, 6.45) is 59.2. The predicted octanol–water partition coefficient (Wildman–Crippen LogP) is 17.3. The Balaban J connectivity index is 3.12. The molecule has 0 rings (SSSR count). The summed E-state index contributed by atoms with van der Waals surface area (Å²) in [5.41, 5.74) is 0. The molecule has 0 bridgehead atoms. The number of unbranched alkanes of at least 4 members (excludes halogenated alkanes) is 36. The highest BCUT2D eigenvalue weighted by atomic mass is 14.1. The molecular formula is C44H90. The largest absolute Gasteiger partial charge is 0.0654 e. The van der Waals surface area contributed by atoms with Crippen LogP contribution < -0.4 is 0 Å². The summed E-state index contributed by atoms with van der Waals surface area (Å²) in [4.78, 5) is 0. The first-order valence-corrected chi connectivity index (χ1v) is 21.8. The summed E-state index contributed by atoms with van der Waals surface area (Å²) in [6, 6.07) is 0. The zero-order chi connectivity index (χ0) is 31.9. The van der Waals surface area contributed by atoms with Gasteiger partial charge in [0.15, 0.2) is 0 Å². The molecule has 1 atom stereocenters. The second kappa shape index (κ2) is 41.0. The molecule has 0 N–H and O–H groups in total. The third-order valence-corrected chi connectivity index (χ3v) is 10.6. The van der Waals surface area contributed by atoms with Crippen LogP contribution in [-0.4, -0.2) is 0 Å². The maximum Gasteiger partial charge on any atom is -0.0443 e. The van der Waals surface area contributed by atoms with Gasteiger partial charge in [-0.1, -0.05) is 278 Å². The zero-order valence-corrected chi connectivity index (χ0v) is 31.9. The minimum atomic E-state index is 0.965. The Morgan fingerprint density at radius 3 is 0.500 bits per heavy atom. The van der Waals surface area contributed by atoms with Crippen molar-refractivity contribution < 1.29 is 0 Å². The fraction of sp³-hybridized carbons (Fsp3) is 1.00. The minimum absolute atomic E-state index is 0.965.